The summed E-state index contributed by atoms with van der Waals surface area (Å²) in [6, 6.07) is 16.0. The van der Waals surface area contributed by atoms with Gasteiger partial charge in [-0.25, -0.2) is 0 Å². The van der Waals surface area contributed by atoms with Gasteiger partial charge in [-0.2, -0.15) is 10.0 Å². The van der Waals surface area contributed by atoms with Gasteiger partial charge in [0.25, 0.3) is 0 Å². The molecule has 2 nitrogen and oxygen atoms in total. The molecule has 0 spiro atoms. The zero-order valence-electron chi connectivity index (χ0n) is 15.7. The largest absolute Gasteiger partial charge is 0.368 e. The van der Waals surface area contributed by atoms with Crippen LogP contribution in [0.5, 0.6) is 0 Å². The van der Waals surface area contributed by atoms with Crippen LogP contribution in [-0.4, -0.2) is 50.6 Å². The summed E-state index contributed by atoms with van der Waals surface area (Å²) in [5, 5.41) is 0. The fourth-order valence-electron chi connectivity index (χ4n) is 3.69. The van der Waals surface area contributed by atoms with Crippen molar-refractivity contribution in [1.29, 1.82) is 0 Å². The van der Waals surface area contributed by atoms with Crippen molar-refractivity contribution in [2.45, 2.75) is 23.6 Å². The lowest BCUT2D eigenvalue weighted by molar-refractivity contribution is 0.312. The van der Waals surface area contributed by atoms with Crippen LogP contribution in [-0.2, 0) is 0 Å². The molecule has 0 saturated carbocycles. The lowest BCUT2D eigenvalue weighted by Crippen LogP contribution is -2.44. The monoisotopic (exact) mass is 342 g/mol. The molecule has 0 radical (unpaired) electrons. The Labute approximate surface area is 148 Å². The molecule has 1 fully saturated rings. The molecule has 1 heterocycles. The van der Waals surface area contributed by atoms with Crippen LogP contribution in [0.2, 0.25) is 0 Å². The highest BCUT2D eigenvalue weighted by molar-refractivity contribution is 8.32. The SMILES string of the molecule is Cc1ccc(S(C)(C)c2ccccc2N2CCN(C)CC2)c(C)c1. The summed E-state index contributed by atoms with van der Waals surface area (Å²) in [4.78, 5) is 8.02. The molecule has 0 aromatic heterocycles. The van der Waals surface area contributed by atoms with Crippen LogP contribution in [0.4, 0.5) is 5.69 Å². The van der Waals surface area contributed by atoms with Gasteiger partial charge in [0, 0.05) is 36.8 Å². The first-order valence-corrected chi connectivity index (χ1v) is 11.2. The summed E-state index contributed by atoms with van der Waals surface area (Å²) in [5.74, 6) is 0. The summed E-state index contributed by atoms with van der Waals surface area (Å²) >= 11 is 0. The van der Waals surface area contributed by atoms with Crippen molar-refractivity contribution < 1.29 is 0 Å². The molecule has 0 bridgehead atoms. The van der Waals surface area contributed by atoms with Gasteiger partial charge in [-0.15, -0.1) is 0 Å². The minimum atomic E-state index is -1.04. The Morgan fingerprint density at radius 1 is 0.833 bits per heavy atom. The summed E-state index contributed by atoms with van der Waals surface area (Å²) in [6.45, 7) is 8.97. The second kappa shape index (κ2) is 6.81. The third-order valence-corrected chi connectivity index (χ3v) is 8.14. The minimum Gasteiger partial charge on any atom is -0.368 e. The molecule has 24 heavy (non-hydrogen) atoms. The molecule has 0 unspecified atom stereocenters. The van der Waals surface area contributed by atoms with Crippen LogP contribution >= 0.6 is 10.0 Å². The number of aryl methyl sites for hydroxylation is 2. The second-order valence-corrected chi connectivity index (χ2v) is 10.9. The molecule has 2 aromatic carbocycles. The van der Waals surface area contributed by atoms with Gasteiger partial charge in [0.15, 0.2) is 0 Å². The zero-order chi connectivity index (χ0) is 17.3. The number of likely N-dealkylation sites (N-methyl/N-ethyl adjacent to an activating group) is 1. The average molecular weight is 343 g/mol. The number of benzene rings is 2. The molecule has 130 valence electrons. The summed E-state index contributed by atoms with van der Waals surface area (Å²) in [5.41, 5.74) is 4.20. The lowest BCUT2D eigenvalue weighted by Gasteiger charge is -2.40. The molecule has 3 heteroatoms. The first-order chi connectivity index (χ1) is 11.4. The van der Waals surface area contributed by atoms with E-state index in [1.165, 1.54) is 26.6 Å². The van der Waals surface area contributed by atoms with Crippen LogP contribution < -0.4 is 4.90 Å². The fourth-order valence-corrected chi connectivity index (χ4v) is 6.34. The number of rotatable bonds is 3. The molecule has 0 atom stereocenters. The van der Waals surface area contributed by atoms with Gasteiger partial charge in [0.1, 0.15) is 0 Å². The first kappa shape index (κ1) is 17.4. The fraction of sp³-hybridized carbons (Fsp3) is 0.429. The van der Waals surface area contributed by atoms with Gasteiger partial charge in [-0.3, -0.25) is 0 Å². The first-order valence-electron chi connectivity index (χ1n) is 8.73. The van der Waals surface area contributed by atoms with Crippen molar-refractivity contribution in [2.75, 3.05) is 50.6 Å². The number of anilines is 1. The topological polar surface area (TPSA) is 6.48 Å². The number of para-hydroxylation sites is 1. The third kappa shape index (κ3) is 3.33. The Kier molecular flexibility index (Phi) is 4.93. The van der Waals surface area contributed by atoms with Crippen molar-refractivity contribution in [1.82, 2.24) is 4.90 Å². The van der Waals surface area contributed by atoms with Crippen LogP contribution in [0.1, 0.15) is 11.1 Å². The Morgan fingerprint density at radius 3 is 2.17 bits per heavy atom. The lowest BCUT2D eigenvalue weighted by atomic mass is 10.2. The van der Waals surface area contributed by atoms with E-state index in [1.54, 1.807) is 0 Å². The van der Waals surface area contributed by atoms with E-state index in [2.05, 4.69) is 85.7 Å². The molecule has 0 aliphatic carbocycles. The van der Waals surface area contributed by atoms with Gasteiger partial charge in [-0.05, 0) is 62.1 Å². The maximum atomic E-state index is 2.58. The minimum absolute atomic E-state index is 1.04. The molecular formula is C21H30N2S. The molecular weight excluding hydrogens is 312 g/mol. The van der Waals surface area contributed by atoms with Crippen molar-refractivity contribution in [3.05, 3.63) is 53.6 Å². The van der Waals surface area contributed by atoms with E-state index in [0.717, 1.165) is 26.2 Å². The second-order valence-electron chi connectivity index (χ2n) is 7.35. The van der Waals surface area contributed by atoms with Gasteiger partial charge in [-0.1, -0.05) is 29.8 Å². The average Bonchev–Trinajstić information content (AvgIpc) is 2.55. The molecule has 0 N–H and O–H groups in total. The number of hydrogen-bond acceptors (Lipinski definition) is 2. The molecule has 3 rings (SSSR count). The highest BCUT2D eigenvalue weighted by Gasteiger charge is 2.25. The van der Waals surface area contributed by atoms with E-state index in [-0.39, 0.29) is 0 Å². The van der Waals surface area contributed by atoms with Crippen LogP contribution in [0.3, 0.4) is 0 Å². The number of hydrogen-bond donors (Lipinski definition) is 0. The van der Waals surface area contributed by atoms with Crippen LogP contribution in [0.25, 0.3) is 0 Å². The van der Waals surface area contributed by atoms with Gasteiger partial charge in [0.2, 0.25) is 0 Å². The van der Waals surface area contributed by atoms with E-state index in [4.69, 9.17) is 0 Å². The van der Waals surface area contributed by atoms with Crippen molar-refractivity contribution >= 4 is 15.7 Å². The predicted octanol–water partition coefficient (Wildman–Crippen LogP) is 4.54. The smallest absolute Gasteiger partial charge is 0.0493 e. The van der Waals surface area contributed by atoms with E-state index >= 15 is 0 Å². The maximum absolute atomic E-state index is 2.58. The van der Waals surface area contributed by atoms with Gasteiger partial charge < -0.3 is 9.80 Å². The van der Waals surface area contributed by atoms with Gasteiger partial charge in [0.05, 0.1) is 0 Å². The van der Waals surface area contributed by atoms with E-state index < -0.39 is 10.0 Å². The highest BCUT2D eigenvalue weighted by atomic mass is 32.3. The Morgan fingerprint density at radius 2 is 1.50 bits per heavy atom. The Balaban J connectivity index is 2.02. The van der Waals surface area contributed by atoms with E-state index in [0.29, 0.717) is 0 Å². The zero-order valence-corrected chi connectivity index (χ0v) is 16.5. The predicted molar refractivity (Wildman–Crippen MR) is 108 cm³/mol. The molecule has 0 amide bonds. The number of piperazine rings is 1. The van der Waals surface area contributed by atoms with Crippen LogP contribution in [0.15, 0.2) is 52.3 Å². The normalized spacial score (nSPS) is 17.1. The molecule has 2 aromatic rings. The van der Waals surface area contributed by atoms with Gasteiger partial charge >= 0.3 is 0 Å². The van der Waals surface area contributed by atoms with Crippen LogP contribution in [0, 0.1) is 13.8 Å². The van der Waals surface area contributed by atoms with Crippen molar-refractivity contribution in [3.63, 3.8) is 0 Å². The third-order valence-electron chi connectivity index (χ3n) is 5.14. The summed E-state index contributed by atoms with van der Waals surface area (Å²) in [7, 11) is 1.18. The quantitative estimate of drug-likeness (QED) is 0.808. The van der Waals surface area contributed by atoms with Crippen molar-refractivity contribution in [3.8, 4) is 0 Å². The Hall–Kier alpha value is -1.45. The summed E-state index contributed by atoms with van der Waals surface area (Å²) in [6.07, 6.45) is 4.89. The number of nitrogens with zero attached hydrogens (tertiary/aromatic N) is 2. The maximum Gasteiger partial charge on any atom is 0.0493 e. The molecule has 1 aliphatic rings. The molecule has 1 saturated heterocycles. The highest BCUT2D eigenvalue weighted by Crippen LogP contribution is 2.60. The molecule has 1 aliphatic heterocycles. The standard InChI is InChI=1S/C21H30N2S/c1-17-10-11-20(18(2)16-17)24(4,5)21-9-7-6-8-19(21)23-14-12-22(3)13-15-23/h6-11,16H,12-15H2,1-5H3. The van der Waals surface area contributed by atoms with E-state index in [9.17, 15) is 0 Å². The Bertz CT molecular complexity index is 716. The van der Waals surface area contributed by atoms with E-state index in [1.807, 2.05) is 0 Å². The van der Waals surface area contributed by atoms with Crippen molar-refractivity contribution in [2.24, 2.45) is 0 Å². The summed E-state index contributed by atoms with van der Waals surface area (Å²) < 4.78 is 0.